The lowest BCUT2D eigenvalue weighted by Gasteiger charge is -2.26. The molecule has 1 aliphatic carbocycles. The van der Waals surface area contributed by atoms with Crippen molar-refractivity contribution in [3.8, 4) is 0 Å². The molecule has 0 fully saturated rings. The molecule has 0 radical (unpaired) electrons. The highest BCUT2D eigenvalue weighted by Gasteiger charge is 2.32. The number of carbonyl (C=O) groups is 1. The van der Waals surface area contributed by atoms with Crippen LogP contribution in [0.25, 0.3) is 10.9 Å². The first-order valence-corrected chi connectivity index (χ1v) is 11.9. The van der Waals surface area contributed by atoms with Gasteiger partial charge < -0.3 is 9.67 Å². The summed E-state index contributed by atoms with van der Waals surface area (Å²) in [4.78, 5) is 22.0. The molecule has 0 saturated carbocycles. The third-order valence-electron chi connectivity index (χ3n) is 6.03. The van der Waals surface area contributed by atoms with E-state index in [4.69, 9.17) is 0 Å². The van der Waals surface area contributed by atoms with Crippen LogP contribution in [0.4, 0.5) is 10.1 Å². The molecule has 0 aliphatic heterocycles. The molecule has 11 heteroatoms. The molecular formula is C22H22FN3O6S. The summed E-state index contributed by atoms with van der Waals surface area (Å²) < 4.78 is 44.1. The van der Waals surface area contributed by atoms with Gasteiger partial charge in [0, 0.05) is 34.8 Å². The van der Waals surface area contributed by atoms with Crippen LogP contribution < -0.4 is 4.72 Å². The van der Waals surface area contributed by atoms with Gasteiger partial charge in [-0.15, -0.1) is 0 Å². The van der Waals surface area contributed by atoms with Crippen LogP contribution in [-0.2, 0) is 27.7 Å². The van der Waals surface area contributed by atoms with Crippen LogP contribution in [0.1, 0.15) is 37.1 Å². The van der Waals surface area contributed by atoms with E-state index in [1.165, 1.54) is 24.3 Å². The van der Waals surface area contributed by atoms with Gasteiger partial charge in [0.15, 0.2) is 0 Å². The molecule has 1 heterocycles. The number of halogens is 1. The van der Waals surface area contributed by atoms with Gasteiger partial charge in [0.2, 0.25) is 10.0 Å². The lowest BCUT2D eigenvalue weighted by molar-refractivity contribution is -0.384. The number of benzene rings is 2. The maximum atomic E-state index is 14.1. The van der Waals surface area contributed by atoms with Crippen LogP contribution in [0.5, 0.6) is 0 Å². The fourth-order valence-corrected chi connectivity index (χ4v) is 5.79. The van der Waals surface area contributed by atoms with Crippen molar-refractivity contribution in [1.29, 1.82) is 0 Å². The van der Waals surface area contributed by atoms with Crippen molar-refractivity contribution in [2.45, 2.75) is 49.6 Å². The second-order valence-corrected chi connectivity index (χ2v) is 9.75. The van der Waals surface area contributed by atoms with Gasteiger partial charge in [-0.05, 0) is 61.6 Å². The summed E-state index contributed by atoms with van der Waals surface area (Å²) in [6.07, 6.45) is 1.46. The van der Waals surface area contributed by atoms with Crippen molar-refractivity contribution in [3.05, 3.63) is 69.7 Å². The predicted octanol–water partition coefficient (Wildman–Crippen LogP) is 3.56. The van der Waals surface area contributed by atoms with Gasteiger partial charge in [-0.1, -0.05) is 6.92 Å². The van der Waals surface area contributed by atoms with E-state index in [1.807, 2.05) is 0 Å². The number of aliphatic carboxylic acids is 1. The fraction of sp³-hybridized carbons (Fsp3) is 0.318. The largest absolute Gasteiger partial charge is 0.480 e. The summed E-state index contributed by atoms with van der Waals surface area (Å²) in [5.74, 6) is -1.44. The smallest absolute Gasteiger partial charge is 0.326 e. The van der Waals surface area contributed by atoms with Crippen LogP contribution >= 0.6 is 0 Å². The van der Waals surface area contributed by atoms with E-state index < -0.39 is 38.8 Å². The van der Waals surface area contributed by atoms with Crippen molar-refractivity contribution >= 4 is 32.6 Å². The quantitative estimate of drug-likeness (QED) is 0.397. The van der Waals surface area contributed by atoms with Crippen molar-refractivity contribution in [3.63, 3.8) is 0 Å². The van der Waals surface area contributed by atoms with Gasteiger partial charge in [-0.2, -0.15) is 0 Å². The fourth-order valence-electron chi connectivity index (χ4n) is 4.52. The minimum atomic E-state index is -3.94. The van der Waals surface area contributed by atoms with Gasteiger partial charge in [0.05, 0.1) is 9.82 Å². The molecule has 1 aliphatic rings. The SMILES string of the molecule is CCC(C(=O)O)n1c2c(c3cc(F)ccc31)CC(NS(=O)(=O)c1ccc([N+](=O)[O-])cc1)CC2. The first-order chi connectivity index (χ1) is 15.6. The zero-order valence-electron chi connectivity index (χ0n) is 17.7. The number of non-ortho nitro benzene ring substituents is 1. The monoisotopic (exact) mass is 475 g/mol. The second kappa shape index (κ2) is 8.56. The minimum Gasteiger partial charge on any atom is -0.480 e. The van der Waals surface area contributed by atoms with Crippen molar-refractivity contribution < 1.29 is 27.6 Å². The van der Waals surface area contributed by atoms with Gasteiger partial charge in [-0.3, -0.25) is 10.1 Å². The Bertz CT molecular complexity index is 1350. The molecule has 0 bridgehead atoms. The number of nitro benzene ring substituents is 1. The number of nitrogens with one attached hydrogen (secondary N) is 1. The Labute approximate surface area is 189 Å². The van der Waals surface area contributed by atoms with E-state index in [-0.39, 0.29) is 17.0 Å². The Morgan fingerprint density at radius 2 is 2.00 bits per heavy atom. The third kappa shape index (κ3) is 4.21. The average Bonchev–Trinajstić information content (AvgIpc) is 3.07. The number of hydrogen-bond donors (Lipinski definition) is 2. The Hall–Kier alpha value is -3.31. The highest BCUT2D eigenvalue weighted by molar-refractivity contribution is 7.89. The maximum Gasteiger partial charge on any atom is 0.326 e. The van der Waals surface area contributed by atoms with Gasteiger partial charge >= 0.3 is 5.97 Å². The van der Waals surface area contributed by atoms with E-state index in [0.29, 0.717) is 30.2 Å². The van der Waals surface area contributed by atoms with Crippen molar-refractivity contribution in [2.24, 2.45) is 0 Å². The number of fused-ring (bicyclic) bond motifs is 3. The number of sulfonamides is 1. The van der Waals surface area contributed by atoms with Crippen LogP contribution in [0.3, 0.4) is 0 Å². The summed E-state index contributed by atoms with van der Waals surface area (Å²) in [6, 6.07) is 7.50. The molecule has 1 aromatic heterocycles. The molecule has 2 N–H and O–H groups in total. The third-order valence-corrected chi connectivity index (χ3v) is 7.56. The maximum absolute atomic E-state index is 14.1. The van der Waals surface area contributed by atoms with Crippen molar-refractivity contribution in [2.75, 3.05) is 0 Å². The van der Waals surface area contributed by atoms with E-state index in [2.05, 4.69) is 4.72 Å². The Balaban J connectivity index is 1.68. The summed E-state index contributed by atoms with van der Waals surface area (Å²) in [7, 11) is -3.94. The van der Waals surface area contributed by atoms with Crippen LogP contribution in [0.15, 0.2) is 47.4 Å². The van der Waals surface area contributed by atoms with Gasteiger partial charge in [0.1, 0.15) is 11.9 Å². The predicted molar refractivity (Wildman–Crippen MR) is 118 cm³/mol. The lowest BCUT2D eigenvalue weighted by atomic mass is 9.92. The number of aromatic nitrogens is 1. The number of nitrogens with zero attached hydrogens (tertiary/aromatic N) is 2. The second-order valence-electron chi connectivity index (χ2n) is 8.03. The summed E-state index contributed by atoms with van der Waals surface area (Å²) in [5.41, 5.74) is 1.90. The molecule has 0 spiro atoms. The van der Waals surface area contributed by atoms with Crippen LogP contribution in [0.2, 0.25) is 0 Å². The number of carboxylic acids is 1. The number of hydrogen-bond acceptors (Lipinski definition) is 5. The summed E-state index contributed by atoms with van der Waals surface area (Å²) >= 11 is 0. The molecule has 9 nitrogen and oxygen atoms in total. The highest BCUT2D eigenvalue weighted by atomic mass is 32.2. The Kier molecular flexibility index (Phi) is 5.93. The van der Waals surface area contributed by atoms with E-state index in [1.54, 1.807) is 17.6 Å². The highest BCUT2D eigenvalue weighted by Crippen LogP contribution is 2.36. The Morgan fingerprint density at radius 3 is 2.61 bits per heavy atom. The standard InChI is InChI=1S/C22H22FN3O6S/c1-2-19(22(27)28)25-20-9-3-13(23)11-17(20)18-12-14(4-10-21(18)25)24-33(31,32)16-7-5-15(6-8-16)26(29)30/h3,5-9,11,14,19,24H,2,4,10,12H2,1H3,(H,27,28). The molecule has 33 heavy (non-hydrogen) atoms. The van der Waals surface area contributed by atoms with E-state index in [0.717, 1.165) is 23.4 Å². The number of nitro groups is 1. The molecular weight excluding hydrogens is 453 g/mol. The van der Waals surface area contributed by atoms with Gasteiger partial charge in [-0.25, -0.2) is 22.3 Å². The molecule has 2 aromatic carbocycles. The lowest BCUT2D eigenvalue weighted by Crippen LogP contribution is -2.39. The first kappa shape index (κ1) is 22.9. The van der Waals surface area contributed by atoms with Crippen molar-refractivity contribution in [1.82, 2.24) is 9.29 Å². The molecule has 3 aromatic rings. The zero-order valence-corrected chi connectivity index (χ0v) is 18.5. The first-order valence-electron chi connectivity index (χ1n) is 10.4. The molecule has 4 rings (SSSR count). The number of rotatable bonds is 7. The molecule has 2 unspecified atom stereocenters. The van der Waals surface area contributed by atoms with E-state index in [9.17, 15) is 32.8 Å². The zero-order chi connectivity index (χ0) is 23.9. The minimum absolute atomic E-state index is 0.0932. The summed E-state index contributed by atoms with van der Waals surface area (Å²) in [5, 5.41) is 21.1. The topological polar surface area (TPSA) is 132 Å². The molecule has 2 atom stereocenters. The van der Waals surface area contributed by atoms with Gasteiger partial charge in [0.25, 0.3) is 5.69 Å². The normalized spacial score (nSPS) is 17.0. The van der Waals surface area contributed by atoms with Crippen LogP contribution in [-0.4, -0.2) is 35.0 Å². The number of carboxylic acid groups (broad SMARTS) is 1. The van der Waals surface area contributed by atoms with Crippen LogP contribution in [0, 0.1) is 15.9 Å². The average molecular weight is 475 g/mol. The summed E-state index contributed by atoms with van der Waals surface area (Å²) in [6.45, 7) is 1.77. The molecule has 0 saturated heterocycles. The molecule has 174 valence electrons. The Morgan fingerprint density at radius 1 is 1.30 bits per heavy atom. The molecule has 0 amide bonds. The van der Waals surface area contributed by atoms with E-state index >= 15 is 0 Å².